The maximum Gasteiger partial charge on any atom is 0.0536 e. The average Bonchev–Trinajstić information content (AvgIpc) is 3.14. The van der Waals surface area contributed by atoms with Crippen molar-refractivity contribution in [3.63, 3.8) is 0 Å². The first-order chi connectivity index (χ1) is 22.8. The molecule has 0 radical (unpaired) electrons. The van der Waals surface area contributed by atoms with Crippen molar-refractivity contribution in [2.24, 2.45) is 0 Å². The van der Waals surface area contributed by atoms with Gasteiger partial charge in [-0.1, -0.05) is 97.1 Å². The van der Waals surface area contributed by atoms with Gasteiger partial charge >= 0.3 is 0 Å². The number of rotatable bonds is 7. The molecule has 228 valence electrons. The summed E-state index contributed by atoms with van der Waals surface area (Å²) in [6, 6.07) is 26.5. The SMILES string of the molecule is C1=CC(N(C2=CC=C(C3=CC=C(N(C4=CCCC5=C4CCC=C5)c4ccccc4)CC3)CC2)c2cccc3ccccc23)=CCC1. The number of hydrogen-bond acceptors (Lipinski definition) is 2. The average molecular weight is 599 g/mol. The van der Waals surface area contributed by atoms with E-state index in [0.717, 1.165) is 64.2 Å². The summed E-state index contributed by atoms with van der Waals surface area (Å²) in [6.07, 6.45) is 34.8. The lowest BCUT2D eigenvalue weighted by molar-refractivity contribution is 0.797. The Labute approximate surface area is 274 Å². The van der Waals surface area contributed by atoms with Crippen LogP contribution in [0, 0.1) is 0 Å². The molecule has 0 saturated heterocycles. The Morgan fingerprint density at radius 3 is 2.00 bits per heavy atom. The molecule has 46 heavy (non-hydrogen) atoms. The van der Waals surface area contributed by atoms with Gasteiger partial charge in [-0.25, -0.2) is 0 Å². The van der Waals surface area contributed by atoms with Crippen molar-refractivity contribution >= 4 is 22.1 Å². The second kappa shape index (κ2) is 12.9. The van der Waals surface area contributed by atoms with Gasteiger partial charge in [0.15, 0.2) is 0 Å². The Morgan fingerprint density at radius 1 is 0.500 bits per heavy atom. The molecular weight excluding hydrogens is 556 g/mol. The minimum Gasteiger partial charge on any atom is -0.314 e. The second-order valence-corrected chi connectivity index (χ2v) is 12.9. The summed E-state index contributed by atoms with van der Waals surface area (Å²) in [4.78, 5) is 5.07. The molecule has 0 saturated carbocycles. The van der Waals surface area contributed by atoms with Crippen molar-refractivity contribution < 1.29 is 0 Å². The molecular formula is C44H42N2. The second-order valence-electron chi connectivity index (χ2n) is 12.9. The predicted molar refractivity (Wildman–Crippen MR) is 195 cm³/mol. The number of fused-ring (bicyclic) bond motifs is 1. The fraction of sp³-hybridized carbons (Fsp3) is 0.227. The third-order valence-electron chi connectivity index (χ3n) is 10.1. The minimum atomic E-state index is 1.03. The maximum atomic E-state index is 2.56. The van der Waals surface area contributed by atoms with E-state index in [1.165, 1.54) is 61.7 Å². The van der Waals surface area contributed by atoms with E-state index in [1.54, 1.807) is 5.57 Å². The maximum absolute atomic E-state index is 2.56. The van der Waals surface area contributed by atoms with Gasteiger partial charge in [0.2, 0.25) is 0 Å². The summed E-state index contributed by atoms with van der Waals surface area (Å²) in [5.41, 5.74) is 14.0. The van der Waals surface area contributed by atoms with Gasteiger partial charge in [-0.05, 0) is 128 Å². The first-order valence-corrected chi connectivity index (χ1v) is 17.2. The van der Waals surface area contributed by atoms with E-state index >= 15 is 0 Å². The Bertz CT molecular complexity index is 1930. The van der Waals surface area contributed by atoms with Crippen LogP contribution in [0.3, 0.4) is 0 Å². The Balaban J connectivity index is 1.11. The number of hydrogen-bond donors (Lipinski definition) is 0. The number of nitrogens with zero attached hydrogens (tertiary/aromatic N) is 2. The third kappa shape index (κ3) is 5.58. The summed E-state index contributed by atoms with van der Waals surface area (Å²) in [7, 11) is 0. The summed E-state index contributed by atoms with van der Waals surface area (Å²) in [6.45, 7) is 0. The highest BCUT2D eigenvalue weighted by Crippen LogP contribution is 2.42. The zero-order valence-corrected chi connectivity index (χ0v) is 26.7. The highest BCUT2D eigenvalue weighted by atomic mass is 15.2. The Hall–Kier alpha value is -4.82. The van der Waals surface area contributed by atoms with Crippen LogP contribution in [-0.2, 0) is 0 Å². The van der Waals surface area contributed by atoms with Crippen LogP contribution in [-0.4, -0.2) is 0 Å². The van der Waals surface area contributed by atoms with Gasteiger partial charge in [-0.2, -0.15) is 0 Å². The van der Waals surface area contributed by atoms with Crippen LogP contribution >= 0.6 is 0 Å². The van der Waals surface area contributed by atoms with Gasteiger partial charge in [0.05, 0.1) is 5.69 Å². The van der Waals surface area contributed by atoms with Crippen LogP contribution in [0.5, 0.6) is 0 Å². The first kappa shape index (κ1) is 28.6. The Morgan fingerprint density at radius 2 is 1.24 bits per heavy atom. The van der Waals surface area contributed by atoms with E-state index in [1.807, 2.05) is 0 Å². The molecule has 5 aliphatic rings. The molecule has 0 bridgehead atoms. The highest BCUT2D eigenvalue weighted by Gasteiger charge is 2.27. The van der Waals surface area contributed by atoms with Crippen LogP contribution in [0.2, 0.25) is 0 Å². The number of anilines is 2. The summed E-state index contributed by atoms with van der Waals surface area (Å²) < 4.78 is 0. The molecule has 0 atom stereocenters. The lowest BCUT2D eigenvalue weighted by Crippen LogP contribution is -2.26. The zero-order valence-electron chi connectivity index (χ0n) is 26.7. The lowest BCUT2D eigenvalue weighted by Gasteiger charge is -2.36. The minimum absolute atomic E-state index is 1.03. The van der Waals surface area contributed by atoms with E-state index in [-0.39, 0.29) is 0 Å². The van der Waals surface area contributed by atoms with Crippen LogP contribution in [0.1, 0.15) is 64.2 Å². The molecule has 5 aliphatic carbocycles. The van der Waals surface area contributed by atoms with E-state index in [0.29, 0.717) is 0 Å². The fourth-order valence-electron chi connectivity index (χ4n) is 7.78. The van der Waals surface area contributed by atoms with Crippen LogP contribution in [0.4, 0.5) is 11.4 Å². The number of benzene rings is 3. The fourth-order valence-corrected chi connectivity index (χ4v) is 7.78. The predicted octanol–water partition coefficient (Wildman–Crippen LogP) is 11.9. The standard InChI is InChI=1S/C44H42N2/c1-3-17-37(18-4-1)45(43-23-11-15-35-13-7-9-21-41(35)43)39-29-25-33(26-30-39)34-27-31-40(32-28-34)46(38-19-5-2-6-20-38)44-24-12-16-36-14-8-10-22-42(36)44/h1,3-5,7-8,10,12-14,16-20,22-25,27,29,31H,2,6,9,11,15,21,26,28,30,32H2. The van der Waals surface area contributed by atoms with Crippen LogP contribution in [0.15, 0.2) is 179 Å². The van der Waals surface area contributed by atoms with Crippen molar-refractivity contribution in [3.8, 4) is 0 Å². The van der Waals surface area contributed by atoms with Crippen molar-refractivity contribution in [3.05, 3.63) is 179 Å². The summed E-state index contributed by atoms with van der Waals surface area (Å²) in [5, 5.41) is 2.59. The van der Waals surface area contributed by atoms with Gasteiger partial charge in [0, 0.05) is 33.9 Å². The number of para-hydroxylation sites is 1. The molecule has 3 aromatic carbocycles. The van der Waals surface area contributed by atoms with Gasteiger partial charge in [-0.3, -0.25) is 0 Å². The largest absolute Gasteiger partial charge is 0.314 e. The lowest BCUT2D eigenvalue weighted by atomic mass is 9.86. The molecule has 0 fully saturated rings. The molecule has 0 aliphatic heterocycles. The van der Waals surface area contributed by atoms with Crippen LogP contribution in [0.25, 0.3) is 10.8 Å². The Kier molecular flexibility index (Phi) is 8.02. The summed E-state index contributed by atoms with van der Waals surface area (Å²) in [5.74, 6) is 0. The zero-order chi connectivity index (χ0) is 30.7. The molecule has 0 spiro atoms. The molecule has 0 amide bonds. The van der Waals surface area contributed by atoms with Crippen molar-refractivity contribution in [2.75, 3.05) is 9.80 Å². The molecule has 2 heteroatoms. The smallest absolute Gasteiger partial charge is 0.0536 e. The molecule has 0 unspecified atom stereocenters. The van der Waals surface area contributed by atoms with E-state index in [2.05, 4.69) is 143 Å². The van der Waals surface area contributed by atoms with Crippen molar-refractivity contribution in [1.82, 2.24) is 0 Å². The first-order valence-electron chi connectivity index (χ1n) is 17.2. The molecule has 2 nitrogen and oxygen atoms in total. The molecule has 8 rings (SSSR count). The van der Waals surface area contributed by atoms with E-state index in [4.69, 9.17) is 0 Å². The van der Waals surface area contributed by atoms with Crippen LogP contribution < -0.4 is 9.80 Å². The van der Waals surface area contributed by atoms with Crippen molar-refractivity contribution in [1.29, 1.82) is 0 Å². The molecule has 0 heterocycles. The highest BCUT2D eigenvalue weighted by molar-refractivity contribution is 5.96. The van der Waals surface area contributed by atoms with Gasteiger partial charge in [-0.15, -0.1) is 0 Å². The summed E-state index contributed by atoms with van der Waals surface area (Å²) >= 11 is 0. The van der Waals surface area contributed by atoms with E-state index in [9.17, 15) is 0 Å². The van der Waals surface area contributed by atoms with Crippen molar-refractivity contribution in [2.45, 2.75) is 64.2 Å². The monoisotopic (exact) mass is 598 g/mol. The molecule has 3 aromatic rings. The van der Waals surface area contributed by atoms with Gasteiger partial charge in [0.25, 0.3) is 0 Å². The quantitative estimate of drug-likeness (QED) is 0.267. The van der Waals surface area contributed by atoms with Gasteiger partial charge < -0.3 is 9.80 Å². The normalized spacial score (nSPS) is 19.4. The van der Waals surface area contributed by atoms with Gasteiger partial charge in [0.1, 0.15) is 0 Å². The van der Waals surface area contributed by atoms with E-state index < -0.39 is 0 Å². The number of allylic oxidation sites excluding steroid dienone is 16. The topological polar surface area (TPSA) is 6.48 Å². The molecule has 0 aromatic heterocycles. The third-order valence-corrected chi connectivity index (χ3v) is 10.1. The molecule has 0 N–H and O–H groups in total.